The van der Waals surface area contributed by atoms with Crippen LogP contribution in [0.5, 0.6) is 5.75 Å². The normalized spacial score (nSPS) is 12.1. The van der Waals surface area contributed by atoms with E-state index in [1.165, 1.54) is 0 Å². The van der Waals surface area contributed by atoms with Crippen molar-refractivity contribution in [1.29, 1.82) is 0 Å². The first-order valence-corrected chi connectivity index (χ1v) is 6.81. The number of pyridine rings is 1. The van der Waals surface area contributed by atoms with Crippen LogP contribution in [0.3, 0.4) is 0 Å². The number of hydrogen-bond acceptors (Lipinski definition) is 4. The van der Waals surface area contributed by atoms with E-state index in [4.69, 9.17) is 4.74 Å². The number of nitrogens with zero attached hydrogens (tertiary/aromatic N) is 1. The highest BCUT2D eigenvalue weighted by Crippen LogP contribution is 2.16. The van der Waals surface area contributed by atoms with Crippen LogP contribution < -0.4 is 10.1 Å². The van der Waals surface area contributed by atoms with Crippen LogP contribution >= 0.6 is 0 Å². The van der Waals surface area contributed by atoms with Crippen LogP contribution in [0.2, 0.25) is 0 Å². The SMILES string of the molecule is Cc1ccc(OC(C)C(=O)NCCC(C)C)c(C=O)n1. The molecule has 0 saturated carbocycles. The van der Waals surface area contributed by atoms with Crippen molar-refractivity contribution in [3.05, 3.63) is 23.5 Å². The number of hydrogen-bond donors (Lipinski definition) is 1. The summed E-state index contributed by atoms with van der Waals surface area (Å²) in [6.07, 6.45) is 0.890. The minimum atomic E-state index is -0.662. The smallest absolute Gasteiger partial charge is 0.260 e. The van der Waals surface area contributed by atoms with Crippen molar-refractivity contribution in [2.24, 2.45) is 5.92 Å². The molecule has 20 heavy (non-hydrogen) atoms. The van der Waals surface area contributed by atoms with Crippen molar-refractivity contribution >= 4 is 12.2 Å². The second-order valence-electron chi connectivity index (χ2n) is 5.19. The van der Waals surface area contributed by atoms with Gasteiger partial charge in [0.25, 0.3) is 5.91 Å². The van der Waals surface area contributed by atoms with Crippen molar-refractivity contribution < 1.29 is 14.3 Å². The van der Waals surface area contributed by atoms with Gasteiger partial charge < -0.3 is 10.1 Å². The lowest BCUT2D eigenvalue weighted by Crippen LogP contribution is -2.37. The summed E-state index contributed by atoms with van der Waals surface area (Å²) in [4.78, 5) is 26.9. The van der Waals surface area contributed by atoms with Crippen LogP contribution in [-0.4, -0.2) is 29.8 Å². The lowest BCUT2D eigenvalue weighted by Gasteiger charge is -2.16. The van der Waals surface area contributed by atoms with Gasteiger partial charge in [-0.3, -0.25) is 9.59 Å². The molecule has 0 aliphatic rings. The fourth-order valence-electron chi connectivity index (χ4n) is 1.62. The van der Waals surface area contributed by atoms with E-state index in [0.717, 1.165) is 12.1 Å². The molecule has 1 rings (SSSR count). The van der Waals surface area contributed by atoms with Gasteiger partial charge in [-0.2, -0.15) is 0 Å². The van der Waals surface area contributed by atoms with Crippen molar-refractivity contribution in [3.8, 4) is 5.75 Å². The van der Waals surface area contributed by atoms with Gasteiger partial charge in [0.1, 0.15) is 11.4 Å². The molecule has 0 spiro atoms. The first-order chi connectivity index (χ1) is 9.43. The van der Waals surface area contributed by atoms with Crippen molar-refractivity contribution in [2.75, 3.05) is 6.54 Å². The number of rotatable bonds is 7. The summed E-state index contributed by atoms with van der Waals surface area (Å²) in [6, 6.07) is 3.40. The van der Waals surface area contributed by atoms with Crippen LogP contribution in [0.1, 0.15) is 43.4 Å². The first kappa shape index (κ1) is 16.1. The molecule has 1 aromatic heterocycles. The maximum absolute atomic E-state index is 11.9. The monoisotopic (exact) mass is 278 g/mol. The number of carbonyl (C=O) groups is 2. The molecule has 110 valence electrons. The molecule has 0 aliphatic carbocycles. The molecule has 5 nitrogen and oxygen atoms in total. The second kappa shape index (κ2) is 7.62. The van der Waals surface area contributed by atoms with E-state index >= 15 is 0 Å². The van der Waals surface area contributed by atoms with Crippen molar-refractivity contribution in [3.63, 3.8) is 0 Å². The number of aryl methyl sites for hydroxylation is 1. The fourth-order valence-corrected chi connectivity index (χ4v) is 1.62. The summed E-state index contributed by atoms with van der Waals surface area (Å²) in [7, 11) is 0. The Morgan fingerprint density at radius 2 is 2.10 bits per heavy atom. The summed E-state index contributed by atoms with van der Waals surface area (Å²) in [5.41, 5.74) is 0.945. The quantitative estimate of drug-likeness (QED) is 0.776. The molecule has 1 unspecified atom stereocenters. The van der Waals surface area contributed by atoms with Gasteiger partial charge in [0.05, 0.1) is 0 Å². The lowest BCUT2D eigenvalue weighted by atomic mass is 10.1. The van der Waals surface area contributed by atoms with Gasteiger partial charge >= 0.3 is 0 Å². The molecule has 0 fully saturated rings. The third-order valence-electron chi connectivity index (χ3n) is 2.83. The van der Waals surface area contributed by atoms with Gasteiger partial charge in [-0.15, -0.1) is 0 Å². The minimum absolute atomic E-state index is 0.192. The molecule has 0 bridgehead atoms. The average Bonchev–Trinajstić information content (AvgIpc) is 2.40. The molecular weight excluding hydrogens is 256 g/mol. The standard InChI is InChI=1S/C15H22N2O3/c1-10(2)7-8-16-15(19)12(4)20-14-6-5-11(3)17-13(14)9-18/h5-6,9-10,12H,7-8H2,1-4H3,(H,16,19). The second-order valence-corrected chi connectivity index (χ2v) is 5.19. The molecule has 0 saturated heterocycles. The average molecular weight is 278 g/mol. The molecule has 1 N–H and O–H groups in total. The maximum Gasteiger partial charge on any atom is 0.260 e. The Balaban J connectivity index is 2.59. The summed E-state index contributed by atoms with van der Waals surface area (Å²) in [6.45, 7) is 8.26. The number of aromatic nitrogens is 1. The summed E-state index contributed by atoms with van der Waals surface area (Å²) < 4.78 is 5.50. The zero-order valence-electron chi connectivity index (χ0n) is 12.5. The van der Waals surface area contributed by atoms with Crippen LogP contribution in [0.4, 0.5) is 0 Å². The molecule has 1 atom stereocenters. The Bertz CT molecular complexity index is 472. The maximum atomic E-state index is 11.9. The number of carbonyl (C=O) groups excluding carboxylic acids is 2. The van der Waals surface area contributed by atoms with Crippen molar-refractivity contribution in [1.82, 2.24) is 10.3 Å². The highest BCUT2D eigenvalue weighted by atomic mass is 16.5. The van der Waals surface area contributed by atoms with Gasteiger partial charge in [0.2, 0.25) is 0 Å². The molecule has 1 heterocycles. The van der Waals surface area contributed by atoms with E-state index in [1.54, 1.807) is 26.0 Å². The van der Waals surface area contributed by atoms with E-state index in [9.17, 15) is 9.59 Å². The predicted molar refractivity (Wildman–Crippen MR) is 76.9 cm³/mol. The third-order valence-corrected chi connectivity index (χ3v) is 2.83. The zero-order chi connectivity index (χ0) is 15.1. The Kier molecular flexibility index (Phi) is 6.15. The van der Waals surface area contributed by atoms with Crippen LogP contribution in [0, 0.1) is 12.8 Å². The number of nitrogens with one attached hydrogen (secondary N) is 1. The van der Waals surface area contributed by atoms with Crippen LogP contribution in [0.15, 0.2) is 12.1 Å². The summed E-state index contributed by atoms with van der Waals surface area (Å²) >= 11 is 0. The Morgan fingerprint density at radius 1 is 1.40 bits per heavy atom. The van der Waals surface area contributed by atoms with Gasteiger partial charge in [-0.05, 0) is 38.3 Å². The largest absolute Gasteiger partial charge is 0.479 e. The van der Waals surface area contributed by atoms with Crippen molar-refractivity contribution in [2.45, 2.75) is 40.2 Å². The van der Waals surface area contributed by atoms with Gasteiger partial charge in [-0.25, -0.2) is 4.98 Å². The third kappa shape index (κ3) is 4.99. The van der Waals surface area contributed by atoms with E-state index in [-0.39, 0.29) is 11.6 Å². The summed E-state index contributed by atoms with van der Waals surface area (Å²) in [5, 5.41) is 2.81. The zero-order valence-corrected chi connectivity index (χ0v) is 12.5. The highest BCUT2D eigenvalue weighted by Gasteiger charge is 2.16. The minimum Gasteiger partial charge on any atom is -0.479 e. The van der Waals surface area contributed by atoms with Gasteiger partial charge in [-0.1, -0.05) is 13.8 Å². The molecule has 0 radical (unpaired) electrons. The van der Waals surface area contributed by atoms with E-state index in [0.29, 0.717) is 24.5 Å². The molecule has 1 aromatic rings. The topological polar surface area (TPSA) is 68.3 Å². The van der Waals surface area contributed by atoms with Gasteiger partial charge in [0.15, 0.2) is 12.4 Å². The van der Waals surface area contributed by atoms with E-state index in [1.807, 2.05) is 0 Å². The Hall–Kier alpha value is -1.91. The Morgan fingerprint density at radius 3 is 2.70 bits per heavy atom. The van der Waals surface area contributed by atoms with E-state index in [2.05, 4.69) is 24.1 Å². The Labute approximate surface area is 119 Å². The number of ether oxygens (including phenoxy) is 1. The molecular formula is C15H22N2O3. The molecule has 0 aromatic carbocycles. The first-order valence-electron chi connectivity index (χ1n) is 6.81. The highest BCUT2D eigenvalue weighted by molar-refractivity contribution is 5.81. The lowest BCUT2D eigenvalue weighted by molar-refractivity contribution is -0.127. The fraction of sp³-hybridized carbons (Fsp3) is 0.533. The van der Waals surface area contributed by atoms with Crippen LogP contribution in [-0.2, 0) is 4.79 Å². The van der Waals surface area contributed by atoms with Gasteiger partial charge in [0, 0.05) is 12.2 Å². The number of amides is 1. The predicted octanol–water partition coefficient (Wildman–Crippen LogP) is 2.13. The van der Waals surface area contributed by atoms with E-state index < -0.39 is 6.10 Å². The molecule has 5 heteroatoms. The molecule has 0 aliphatic heterocycles. The van der Waals surface area contributed by atoms with Crippen LogP contribution in [0.25, 0.3) is 0 Å². The summed E-state index contributed by atoms with van der Waals surface area (Å²) in [5.74, 6) is 0.676. The molecule has 1 amide bonds. The number of aldehydes is 1.